The SMILES string of the molecule is COc1cc(Cc2nc(-c3ccc(Cl)cc3Cl)cc(C(C)(C)O)n2)ccc1-n1cnc(C)c1. The van der Waals surface area contributed by atoms with Crippen LogP contribution in [0, 0.1) is 6.92 Å². The number of hydrogen-bond donors (Lipinski definition) is 1. The van der Waals surface area contributed by atoms with E-state index in [4.69, 9.17) is 32.9 Å². The van der Waals surface area contributed by atoms with Gasteiger partial charge in [0.05, 0.1) is 41.2 Å². The fourth-order valence-electron chi connectivity index (χ4n) is 3.51. The Bertz CT molecular complexity index is 1310. The van der Waals surface area contributed by atoms with Gasteiger partial charge in [-0.3, -0.25) is 0 Å². The molecule has 1 N–H and O–H groups in total. The minimum Gasteiger partial charge on any atom is -0.495 e. The molecule has 4 rings (SSSR count). The lowest BCUT2D eigenvalue weighted by Gasteiger charge is -2.19. The van der Waals surface area contributed by atoms with Gasteiger partial charge in [-0.25, -0.2) is 15.0 Å². The van der Waals surface area contributed by atoms with Crippen molar-refractivity contribution in [2.75, 3.05) is 7.11 Å². The Kier molecular flexibility index (Phi) is 6.43. The third kappa shape index (κ3) is 5.19. The van der Waals surface area contributed by atoms with Gasteiger partial charge in [0.1, 0.15) is 17.2 Å². The van der Waals surface area contributed by atoms with Gasteiger partial charge in [0.25, 0.3) is 0 Å². The third-order valence-corrected chi connectivity index (χ3v) is 5.75. The lowest BCUT2D eigenvalue weighted by molar-refractivity contribution is 0.0735. The number of imidazole rings is 1. The average molecular weight is 483 g/mol. The third-order valence-electron chi connectivity index (χ3n) is 5.20. The summed E-state index contributed by atoms with van der Waals surface area (Å²) in [6.45, 7) is 5.32. The molecule has 0 aliphatic carbocycles. The van der Waals surface area contributed by atoms with Crippen LogP contribution in [0.4, 0.5) is 0 Å². The molecule has 0 amide bonds. The molecular formula is C25H24Cl2N4O2. The fraction of sp³-hybridized carbons (Fsp3) is 0.240. The molecule has 0 bridgehead atoms. The second-order valence-corrected chi connectivity index (χ2v) is 9.19. The molecule has 2 aromatic carbocycles. The molecule has 0 aliphatic rings. The number of benzene rings is 2. The number of halogens is 2. The maximum atomic E-state index is 10.6. The van der Waals surface area contributed by atoms with Crippen molar-refractivity contribution in [3.63, 3.8) is 0 Å². The van der Waals surface area contributed by atoms with Crippen molar-refractivity contribution < 1.29 is 9.84 Å². The van der Waals surface area contributed by atoms with Crippen molar-refractivity contribution in [3.8, 4) is 22.7 Å². The highest BCUT2D eigenvalue weighted by Crippen LogP contribution is 2.32. The van der Waals surface area contributed by atoms with Crippen molar-refractivity contribution in [3.05, 3.63) is 87.8 Å². The summed E-state index contributed by atoms with van der Waals surface area (Å²) in [6, 6.07) is 12.9. The minimum absolute atomic E-state index is 0.446. The molecule has 0 radical (unpaired) electrons. The molecule has 4 aromatic rings. The number of aromatic nitrogens is 4. The molecule has 2 aromatic heterocycles. The molecule has 0 spiro atoms. The summed E-state index contributed by atoms with van der Waals surface area (Å²) < 4.78 is 7.55. The first-order valence-electron chi connectivity index (χ1n) is 10.4. The maximum absolute atomic E-state index is 10.6. The molecule has 0 fully saturated rings. The number of nitrogens with zero attached hydrogens (tertiary/aromatic N) is 4. The van der Waals surface area contributed by atoms with Crippen molar-refractivity contribution in [2.24, 2.45) is 0 Å². The van der Waals surface area contributed by atoms with Crippen LogP contribution in [0.15, 0.2) is 55.0 Å². The Morgan fingerprint density at radius 3 is 2.48 bits per heavy atom. The molecule has 170 valence electrons. The first-order chi connectivity index (χ1) is 15.6. The topological polar surface area (TPSA) is 73.1 Å². The van der Waals surface area contributed by atoms with Crippen molar-refractivity contribution in [1.29, 1.82) is 0 Å². The summed E-state index contributed by atoms with van der Waals surface area (Å²) in [5.74, 6) is 1.27. The summed E-state index contributed by atoms with van der Waals surface area (Å²) in [7, 11) is 1.64. The van der Waals surface area contributed by atoms with Crippen LogP contribution in [0.3, 0.4) is 0 Å². The Balaban J connectivity index is 1.74. The van der Waals surface area contributed by atoms with Gasteiger partial charge in [0, 0.05) is 23.2 Å². The van der Waals surface area contributed by atoms with E-state index in [9.17, 15) is 5.11 Å². The van der Waals surface area contributed by atoms with E-state index in [1.807, 2.05) is 42.0 Å². The highest BCUT2D eigenvalue weighted by atomic mass is 35.5. The van der Waals surface area contributed by atoms with Crippen LogP contribution in [-0.4, -0.2) is 31.7 Å². The van der Waals surface area contributed by atoms with Crippen molar-refractivity contribution in [2.45, 2.75) is 32.8 Å². The van der Waals surface area contributed by atoms with Crippen LogP contribution in [0.25, 0.3) is 16.9 Å². The molecular weight excluding hydrogens is 459 g/mol. The molecule has 0 unspecified atom stereocenters. The molecule has 0 saturated carbocycles. The molecule has 6 nitrogen and oxygen atoms in total. The standard InChI is InChI=1S/C25H24Cl2N4O2/c1-15-13-31(14-28-15)21-8-5-16(9-22(21)33-4)10-24-29-20(12-23(30-24)25(2,3)32)18-7-6-17(26)11-19(18)27/h5-9,11-14,32H,10H2,1-4H3. The molecule has 33 heavy (non-hydrogen) atoms. The molecule has 0 atom stereocenters. The van der Waals surface area contributed by atoms with E-state index < -0.39 is 5.60 Å². The van der Waals surface area contributed by atoms with Gasteiger partial charge in [-0.1, -0.05) is 29.3 Å². The summed E-state index contributed by atoms with van der Waals surface area (Å²) in [4.78, 5) is 13.6. The van der Waals surface area contributed by atoms with Crippen LogP contribution in [-0.2, 0) is 12.0 Å². The zero-order valence-corrected chi connectivity index (χ0v) is 20.3. The number of aryl methyl sites for hydroxylation is 1. The predicted octanol–water partition coefficient (Wildman–Crippen LogP) is 5.77. The van der Waals surface area contributed by atoms with Crippen LogP contribution in [0.5, 0.6) is 5.75 Å². The van der Waals surface area contributed by atoms with E-state index in [1.165, 1.54) is 0 Å². The fourth-order valence-corrected chi connectivity index (χ4v) is 4.01. The number of rotatable bonds is 6. The van der Waals surface area contributed by atoms with Gasteiger partial charge in [-0.2, -0.15) is 0 Å². The molecule has 8 heteroatoms. The molecule has 0 aliphatic heterocycles. The van der Waals surface area contributed by atoms with Gasteiger partial charge >= 0.3 is 0 Å². The second-order valence-electron chi connectivity index (χ2n) is 8.34. The zero-order chi connectivity index (χ0) is 23.8. The highest BCUT2D eigenvalue weighted by molar-refractivity contribution is 6.36. The number of hydrogen-bond acceptors (Lipinski definition) is 5. The Morgan fingerprint density at radius 1 is 1.06 bits per heavy atom. The number of methoxy groups -OCH3 is 1. The van der Waals surface area contributed by atoms with Gasteiger partial charge in [0.2, 0.25) is 0 Å². The van der Waals surface area contributed by atoms with Crippen LogP contribution >= 0.6 is 23.2 Å². The molecule has 0 saturated heterocycles. The van der Waals surface area contributed by atoms with Gasteiger partial charge in [-0.05, 0) is 62.7 Å². The lowest BCUT2D eigenvalue weighted by Crippen LogP contribution is -2.19. The Hall–Kier alpha value is -2.93. The molecule has 2 heterocycles. The second kappa shape index (κ2) is 9.14. The van der Waals surface area contributed by atoms with Crippen LogP contribution < -0.4 is 4.74 Å². The summed E-state index contributed by atoms with van der Waals surface area (Å²) in [6.07, 6.45) is 4.14. The van der Waals surface area contributed by atoms with E-state index in [1.54, 1.807) is 45.5 Å². The lowest BCUT2D eigenvalue weighted by atomic mass is 10.0. The quantitative estimate of drug-likeness (QED) is 0.377. The van der Waals surface area contributed by atoms with Gasteiger partial charge < -0.3 is 14.4 Å². The Morgan fingerprint density at radius 2 is 1.85 bits per heavy atom. The van der Waals surface area contributed by atoms with Gasteiger partial charge in [0.15, 0.2) is 0 Å². The maximum Gasteiger partial charge on any atom is 0.143 e. The van der Waals surface area contributed by atoms with Crippen molar-refractivity contribution >= 4 is 23.2 Å². The van der Waals surface area contributed by atoms with Gasteiger partial charge in [-0.15, -0.1) is 0 Å². The van der Waals surface area contributed by atoms with E-state index >= 15 is 0 Å². The van der Waals surface area contributed by atoms with E-state index in [0.717, 1.165) is 22.5 Å². The number of aliphatic hydroxyl groups is 1. The number of ether oxygens (including phenoxy) is 1. The Labute approximate surface area is 202 Å². The van der Waals surface area contributed by atoms with Crippen molar-refractivity contribution in [1.82, 2.24) is 19.5 Å². The van der Waals surface area contributed by atoms with E-state index in [-0.39, 0.29) is 0 Å². The van der Waals surface area contributed by atoms with Crippen LogP contribution in [0.2, 0.25) is 10.0 Å². The normalized spacial score (nSPS) is 11.6. The first-order valence-corrected chi connectivity index (χ1v) is 11.1. The summed E-state index contributed by atoms with van der Waals surface area (Å²) in [5.41, 5.74) is 3.48. The van der Waals surface area contributed by atoms with Crippen LogP contribution in [0.1, 0.15) is 36.6 Å². The minimum atomic E-state index is -1.15. The first kappa shape index (κ1) is 23.2. The van der Waals surface area contributed by atoms with E-state index in [2.05, 4.69) is 9.97 Å². The average Bonchev–Trinajstić information content (AvgIpc) is 3.18. The largest absolute Gasteiger partial charge is 0.495 e. The zero-order valence-electron chi connectivity index (χ0n) is 18.8. The monoisotopic (exact) mass is 482 g/mol. The highest BCUT2D eigenvalue weighted by Gasteiger charge is 2.21. The smallest absolute Gasteiger partial charge is 0.143 e. The predicted molar refractivity (Wildman–Crippen MR) is 130 cm³/mol. The summed E-state index contributed by atoms with van der Waals surface area (Å²) >= 11 is 12.5. The van der Waals surface area contributed by atoms with E-state index in [0.29, 0.717) is 39.4 Å². The summed E-state index contributed by atoms with van der Waals surface area (Å²) in [5, 5.41) is 11.7.